The zero-order valence-electron chi connectivity index (χ0n) is 17.4. The van der Waals surface area contributed by atoms with Crippen LogP contribution in [0.15, 0.2) is 36.4 Å². The maximum absolute atomic E-state index is 14.8. The second kappa shape index (κ2) is 6.82. The molecule has 0 saturated heterocycles. The lowest BCUT2D eigenvalue weighted by Gasteiger charge is -2.53. The van der Waals surface area contributed by atoms with Crippen LogP contribution in [0.1, 0.15) is 67.2 Å². The first kappa shape index (κ1) is 19.6. The minimum absolute atomic E-state index is 0.150. The lowest BCUT2D eigenvalue weighted by molar-refractivity contribution is -0.102. The Labute approximate surface area is 177 Å². The van der Waals surface area contributed by atoms with E-state index < -0.39 is 5.60 Å². The fourth-order valence-corrected chi connectivity index (χ4v) is 7.06. The van der Waals surface area contributed by atoms with Crippen LogP contribution in [-0.4, -0.2) is 15.8 Å². The number of benzene rings is 2. The number of nitriles is 1. The lowest BCUT2D eigenvalue weighted by Crippen LogP contribution is -2.52. The topological polar surface area (TPSA) is 64.2 Å². The first-order chi connectivity index (χ1) is 14.4. The molecule has 5 rings (SSSR count). The smallest absolute Gasteiger partial charge is 0.144 e. The van der Waals surface area contributed by atoms with Gasteiger partial charge in [-0.1, -0.05) is 25.1 Å². The molecule has 5 atom stereocenters. The number of aliphatic hydroxyl groups is 1. The van der Waals surface area contributed by atoms with Crippen molar-refractivity contribution in [2.24, 2.45) is 17.3 Å². The van der Waals surface area contributed by atoms with Crippen LogP contribution in [0.3, 0.4) is 0 Å². The number of aromatic hydroxyl groups is 1. The van der Waals surface area contributed by atoms with Gasteiger partial charge in [-0.2, -0.15) is 5.26 Å². The SMILES string of the molecule is C[C@]12CCC3c4ccc(C#N)c(F)c4CCC3C1CC[C@@]2(O)Cc1ccc(O)cc1. The summed E-state index contributed by atoms with van der Waals surface area (Å²) in [5.74, 6) is 1.12. The second-order valence-corrected chi connectivity index (χ2v) is 9.89. The van der Waals surface area contributed by atoms with Crippen molar-refractivity contribution in [1.29, 1.82) is 5.26 Å². The van der Waals surface area contributed by atoms with Crippen LogP contribution in [0.2, 0.25) is 0 Å². The van der Waals surface area contributed by atoms with E-state index in [2.05, 4.69) is 6.92 Å². The predicted molar refractivity (Wildman–Crippen MR) is 112 cm³/mol. The molecule has 2 saturated carbocycles. The zero-order valence-corrected chi connectivity index (χ0v) is 17.4. The Morgan fingerprint density at radius 1 is 1.10 bits per heavy atom. The molecule has 2 fully saturated rings. The van der Waals surface area contributed by atoms with Gasteiger partial charge in [-0.15, -0.1) is 0 Å². The summed E-state index contributed by atoms with van der Waals surface area (Å²) in [5.41, 5.74) is 2.14. The van der Waals surface area contributed by atoms with Crippen molar-refractivity contribution in [3.63, 3.8) is 0 Å². The monoisotopic (exact) mass is 405 g/mol. The third-order valence-corrected chi connectivity index (χ3v) is 8.72. The number of fused-ring (bicyclic) bond motifs is 5. The minimum atomic E-state index is -0.754. The molecular weight excluding hydrogens is 377 g/mol. The van der Waals surface area contributed by atoms with Crippen molar-refractivity contribution in [1.82, 2.24) is 0 Å². The van der Waals surface area contributed by atoms with E-state index in [4.69, 9.17) is 0 Å². The van der Waals surface area contributed by atoms with Gasteiger partial charge < -0.3 is 10.2 Å². The van der Waals surface area contributed by atoms with Crippen LogP contribution >= 0.6 is 0 Å². The molecule has 3 unspecified atom stereocenters. The summed E-state index contributed by atoms with van der Waals surface area (Å²) in [6.45, 7) is 2.26. The quantitative estimate of drug-likeness (QED) is 0.719. The molecular formula is C26H28FNO2. The average molecular weight is 406 g/mol. The highest BCUT2D eigenvalue weighted by molar-refractivity contribution is 5.44. The normalized spacial score (nSPS) is 34.5. The molecule has 0 spiro atoms. The summed E-state index contributed by atoms with van der Waals surface area (Å²) in [6.07, 6.45) is 5.88. The van der Waals surface area contributed by atoms with Gasteiger partial charge in [0.2, 0.25) is 0 Å². The minimum Gasteiger partial charge on any atom is -0.508 e. The van der Waals surface area contributed by atoms with Crippen molar-refractivity contribution in [3.05, 3.63) is 64.5 Å². The third kappa shape index (κ3) is 2.72. The molecule has 2 N–H and O–H groups in total. The Morgan fingerprint density at radius 2 is 1.87 bits per heavy atom. The van der Waals surface area contributed by atoms with Crippen molar-refractivity contribution >= 4 is 0 Å². The molecule has 30 heavy (non-hydrogen) atoms. The number of hydrogen-bond donors (Lipinski definition) is 2. The van der Waals surface area contributed by atoms with Crippen LogP contribution in [-0.2, 0) is 12.8 Å². The summed E-state index contributed by atoms with van der Waals surface area (Å²) in [6, 6.07) is 12.8. The van der Waals surface area contributed by atoms with E-state index >= 15 is 0 Å². The van der Waals surface area contributed by atoms with E-state index in [9.17, 15) is 19.9 Å². The highest BCUT2D eigenvalue weighted by Gasteiger charge is 2.61. The van der Waals surface area contributed by atoms with Gasteiger partial charge in [0, 0.05) is 6.42 Å². The molecule has 0 heterocycles. The van der Waals surface area contributed by atoms with Crippen LogP contribution in [0.4, 0.5) is 4.39 Å². The molecule has 0 aliphatic heterocycles. The zero-order chi connectivity index (χ0) is 21.1. The van der Waals surface area contributed by atoms with Gasteiger partial charge in [0.1, 0.15) is 17.6 Å². The molecule has 156 valence electrons. The van der Waals surface area contributed by atoms with E-state index in [0.29, 0.717) is 30.6 Å². The maximum atomic E-state index is 14.8. The fraction of sp³-hybridized carbons (Fsp3) is 0.500. The standard InChI is InChI=1S/C26H28FNO2/c1-25-12-10-20-19-7-4-17(15-28)24(27)22(19)9-8-21(20)23(25)11-13-26(25,30)14-16-2-5-18(29)6-3-16/h2-7,20-21,23,29-30H,8-14H2,1H3/t20?,21?,23?,25-,26+/m0/s1. The Bertz CT molecular complexity index is 1030. The van der Waals surface area contributed by atoms with E-state index in [1.807, 2.05) is 24.3 Å². The van der Waals surface area contributed by atoms with Crippen molar-refractivity contribution in [3.8, 4) is 11.8 Å². The van der Waals surface area contributed by atoms with Gasteiger partial charge in [0.15, 0.2) is 0 Å². The van der Waals surface area contributed by atoms with E-state index in [1.54, 1.807) is 18.2 Å². The van der Waals surface area contributed by atoms with Gasteiger partial charge in [0.05, 0.1) is 11.2 Å². The van der Waals surface area contributed by atoms with E-state index in [1.165, 1.54) is 0 Å². The van der Waals surface area contributed by atoms with Crippen molar-refractivity contribution in [2.45, 2.75) is 63.4 Å². The summed E-state index contributed by atoms with van der Waals surface area (Å²) < 4.78 is 14.8. The Kier molecular flexibility index (Phi) is 4.45. The highest BCUT2D eigenvalue weighted by atomic mass is 19.1. The summed E-state index contributed by atoms with van der Waals surface area (Å²) >= 11 is 0. The van der Waals surface area contributed by atoms with Crippen LogP contribution < -0.4 is 0 Å². The predicted octanol–water partition coefficient (Wildman–Crippen LogP) is 5.23. The third-order valence-electron chi connectivity index (χ3n) is 8.72. The number of phenolic OH excluding ortho intramolecular Hbond substituents is 1. The Morgan fingerprint density at radius 3 is 2.60 bits per heavy atom. The molecule has 2 aromatic carbocycles. The Hall–Kier alpha value is -2.38. The Balaban J connectivity index is 1.45. The lowest BCUT2D eigenvalue weighted by atomic mass is 9.52. The van der Waals surface area contributed by atoms with Crippen LogP contribution in [0.25, 0.3) is 0 Å². The van der Waals surface area contributed by atoms with Gasteiger partial charge in [-0.05, 0) is 96.6 Å². The average Bonchev–Trinajstić information content (AvgIpc) is 3.00. The first-order valence-corrected chi connectivity index (χ1v) is 11.1. The van der Waals surface area contributed by atoms with Gasteiger partial charge in [0.25, 0.3) is 0 Å². The number of hydrogen-bond acceptors (Lipinski definition) is 3. The highest BCUT2D eigenvalue weighted by Crippen LogP contribution is 2.65. The van der Waals surface area contributed by atoms with E-state index in [0.717, 1.165) is 48.8 Å². The molecule has 0 bridgehead atoms. The van der Waals surface area contributed by atoms with Crippen molar-refractivity contribution in [2.75, 3.05) is 0 Å². The summed E-state index contributed by atoms with van der Waals surface area (Å²) in [7, 11) is 0. The van der Waals surface area contributed by atoms with Crippen LogP contribution in [0, 0.1) is 34.4 Å². The first-order valence-electron chi connectivity index (χ1n) is 11.1. The molecule has 0 amide bonds. The van der Waals surface area contributed by atoms with Crippen LogP contribution in [0.5, 0.6) is 5.75 Å². The van der Waals surface area contributed by atoms with E-state index in [-0.39, 0.29) is 22.5 Å². The molecule has 3 nitrogen and oxygen atoms in total. The molecule has 4 heteroatoms. The van der Waals surface area contributed by atoms with Gasteiger partial charge in [-0.25, -0.2) is 4.39 Å². The largest absolute Gasteiger partial charge is 0.508 e. The number of halogens is 1. The molecule has 0 radical (unpaired) electrons. The summed E-state index contributed by atoms with van der Waals surface area (Å²) in [4.78, 5) is 0. The molecule has 3 aliphatic rings. The number of rotatable bonds is 2. The number of phenols is 1. The second-order valence-electron chi connectivity index (χ2n) is 9.89. The van der Waals surface area contributed by atoms with Gasteiger partial charge >= 0.3 is 0 Å². The number of nitrogens with zero attached hydrogens (tertiary/aromatic N) is 1. The molecule has 0 aromatic heterocycles. The maximum Gasteiger partial charge on any atom is 0.144 e. The molecule has 3 aliphatic carbocycles. The van der Waals surface area contributed by atoms with Crippen molar-refractivity contribution < 1.29 is 14.6 Å². The summed E-state index contributed by atoms with van der Waals surface area (Å²) in [5, 5.41) is 30.6. The molecule has 2 aromatic rings. The van der Waals surface area contributed by atoms with Gasteiger partial charge in [-0.3, -0.25) is 0 Å². The fourth-order valence-electron chi connectivity index (χ4n) is 7.06.